The van der Waals surface area contributed by atoms with E-state index in [1.54, 1.807) is 7.11 Å². The van der Waals surface area contributed by atoms with Crippen LogP contribution in [0.25, 0.3) is 10.9 Å². The van der Waals surface area contributed by atoms with Gasteiger partial charge in [0.05, 0.1) is 7.11 Å². The summed E-state index contributed by atoms with van der Waals surface area (Å²) in [5.74, 6) is 0.919. The quantitative estimate of drug-likeness (QED) is 0.712. The Morgan fingerprint density at radius 1 is 1.19 bits per heavy atom. The van der Waals surface area contributed by atoms with Gasteiger partial charge >= 0.3 is 0 Å². The molecule has 2 heterocycles. The van der Waals surface area contributed by atoms with Crippen LogP contribution in [-0.2, 0) is 13.0 Å². The van der Waals surface area contributed by atoms with E-state index in [1.165, 1.54) is 21.4 Å². The SMILES string of the molecule is COc1ccc2c(ccn2CC2Cc3ccccc3S2)c1. The highest BCUT2D eigenvalue weighted by atomic mass is 32.2. The number of nitrogens with zero attached hydrogens (tertiary/aromatic N) is 1. The number of hydrogen-bond acceptors (Lipinski definition) is 2. The van der Waals surface area contributed by atoms with Gasteiger partial charge in [-0.05, 0) is 42.3 Å². The maximum Gasteiger partial charge on any atom is 0.119 e. The number of aromatic nitrogens is 1. The van der Waals surface area contributed by atoms with Gasteiger partial charge in [-0.15, -0.1) is 11.8 Å². The normalized spacial score (nSPS) is 17.1. The van der Waals surface area contributed by atoms with Crippen LogP contribution in [0.5, 0.6) is 5.75 Å². The monoisotopic (exact) mass is 295 g/mol. The predicted octanol–water partition coefficient (Wildman–Crippen LogP) is 4.37. The first-order chi connectivity index (χ1) is 10.3. The van der Waals surface area contributed by atoms with Crippen molar-refractivity contribution in [2.75, 3.05) is 7.11 Å². The van der Waals surface area contributed by atoms with Gasteiger partial charge in [-0.3, -0.25) is 0 Å². The third kappa shape index (κ3) is 2.32. The number of thioether (sulfide) groups is 1. The molecule has 0 saturated carbocycles. The van der Waals surface area contributed by atoms with Gasteiger partial charge in [0.2, 0.25) is 0 Å². The zero-order valence-electron chi connectivity index (χ0n) is 12.0. The summed E-state index contributed by atoms with van der Waals surface area (Å²) in [7, 11) is 1.71. The molecule has 106 valence electrons. The minimum atomic E-state index is 0.625. The van der Waals surface area contributed by atoms with Crippen molar-refractivity contribution < 1.29 is 4.74 Å². The zero-order valence-corrected chi connectivity index (χ0v) is 12.8. The molecule has 4 rings (SSSR count). The minimum absolute atomic E-state index is 0.625. The predicted molar refractivity (Wildman–Crippen MR) is 88.3 cm³/mol. The molecule has 2 aromatic carbocycles. The number of fused-ring (bicyclic) bond motifs is 2. The topological polar surface area (TPSA) is 14.2 Å². The standard InChI is InChI=1S/C18H17NOS/c1-20-15-6-7-17-13(10-15)8-9-19(17)12-16-11-14-4-2-3-5-18(14)21-16/h2-10,16H,11-12H2,1H3. The van der Waals surface area contributed by atoms with Gasteiger partial charge in [-0.2, -0.15) is 0 Å². The van der Waals surface area contributed by atoms with Crippen LogP contribution in [0.3, 0.4) is 0 Å². The molecular formula is C18H17NOS. The molecule has 1 aliphatic heterocycles. The Hall–Kier alpha value is -1.87. The van der Waals surface area contributed by atoms with E-state index in [1.807, 2.05) is 17.8 Å². The van der Waals surface area contributed by atoms with Crippen molar-refractivity contribution in [3.05, 3.63) is 60.3 Å². The van der Waals surface area contributed by atoms with Crippen molar-refractivity contribution in [2.45, 2.75) is 23.1 Å². The molecule has 1 atom stereocenters. The number of hydrogen-bond donors (Lipinski definition) is 0. The summed E-state index contributed by atoms with van der Waals surface area (Å²) in [6.07, 6.45) is 3.35. The summed E-state index contributed by atoms with van der Waals surface area (Å²) in [6, 6.07) is 17.2. The van der Waals surface area contributed by atoms with E-state index in [0.29, 0.717) is 5.25 Å². The zero-order chi connectivity index (χ0) is 14.2. The number of benzene rings is 2. The lowest BCUT2D eigenvalue weighted by Crippen LogP contribution is -2.11. The van der Waals surface area contributed by atoms with Crippen LogP contribution in [-0.4, -0.2) is 16.9 Å². The second kappa shape index (κ2) is 5.15. The fourth-order valence-corrected chi connectivity index (χ4v) is 4.36. The highest BCUT2D eigenvalue weighted by Crippen LogP contribution is 2.38. The van der Waals surface area contributed by atoms with Gasteiger partial charge in [-0.1, -0.05) is 18.2 Å². The van der Waals surface area contributed by atoms with Crippen molar-refractivity contribution >= 4 is 22.7 Å². The molecule has 21 heavy (non-hydrogen) atoms. The Balaban J connectivity index is 1.59. The van der Waals surface area contributed by atoms with Crippen LogP contribution < -0.4 is 4.74 Å². The molecule has 0 aliphatic carbocycles. The number of methoxy groups -OCH3 is 1. The fourth-order valence-electron chi connectivity index (χ4n) is 3.04. The molecule has 0 bridgehead atoms. The van der Waals surface area contributed by atoms with Crippen LogP contribution in [0.4, 0.5) is 0 Å². The molecule has 0 amide bonds. The summed E-state index contributed by atoms with van der Waals surface area (Å²) in [6.45, 7) is 1.05. The Morgan fingerprint density at radius 2 is 2.10 bits per heavy atom. The molecule has 0 spiro atoms. The van der Waals surface area contributed by atoms with Gasteiger partial charge in [0.1, 0.15) is 5.75 Å². The molecule has 0 fully saturated rings. The van der Waals surface area contributed by atoms with Crippen molar-refractivity contribution in [2.24, 2.45) is 0 Å². The summed E-state index contributed by atoms with van der Waals surface area (Å²) < 4.78 is 7.65. The van der Waals surface area contributed by atoms with Crippen LogP contribution in [0.1, 0.15) is 5.56 Å². The van der Waals surface area contributed by atoms with Gasteiger partial charge in [0.15, 0.2) is 0 Å². The molecule has 0 N–H and O–H groups in total. The maximum atomic E-state index is 5.29. The summed E-state index contributed by atoms with van der Waals surface area (Å²) in [5.41, 5.74) is 2.78. The van der Waals surface area contributed by atoms with Gasteiger partial charge in [-0.25, -0.2) is 0 Å². The van der Waals surface area contributed by atoms with Gasteiger partial charge in [0.25, 0.3) is 0 Å². The van der Waals surface area contributed by atoms with Crippen molar-refractivity contribution in [3.8, 4) is 5.75 Å². The summed E-state index contributed by atoms with van der Waals surface area (Å²) in [4.78, 5) is 1.45. The average Bonchev–Trinajstić information content (AvgIpc) is 3.10. The molecular weight excluding hydrogens is 278 g/mol. The minimum Gasteiger partial charge on any atom is -0.497 e. The third-order valence-corrected chi connectivity index (χ3v) is 5.39. The van der Waals surface area contributed by atoms with E-state index >= 15 is 0 Å². The molecule has 0 saturated heterocycles. The van der Waals surface area contributed by atoms with E-state index in [0.717, 1.165) is 18.7 Å². The lowest BCUT2D eigenvalue weighted by atomic mass is 10.1. The van der Waals surface area contributed by atoms with Crippen molar-refractivity contribution in [1.29, 1.82) is 0 Å². The first-order valence-corrected chi connectivity index (χ1v) is 8.09. The summed E-state index contributed by atoms with van der Waals surface area (Å²) in [5, 5.41) is 1.87. The van der Waals surface area contributed by atoms with E-state index < -0.39 is 0 Å². The molecule has 1 aliphatic rings. The van der Waals surface area contributed by atoms with Crippen LogP contribution in [0.2, 0.25) is 0 Å². The first-order valence-electron chi connectivity index (χ1n) is 7.21. The molecule has 1 aromatic heterocycles. The van der Waals surface area contributed by atoms with E-state index in [-0.39, 0.29) is 0 Å². The van der Waals surface area contributed by atoms with Crippen molar-refractivity contribution in [1.82, 2.24) is 4.57 Å². The second-order valence-electron chi connectivity index (χ2n) is 5.44. The Kier molecular flexibility index (Phi) is 3.15. The Labute approximate surface area is 128 Å². The molecule has 3 heteroatoms. The second-order valence-corrected chi connectivity index (χ2v) is 6.79. The lowest BCUT2D eigenvalue weighted by Gasteiger charge is -2.11. The fraction of sp³-hybridized carbons (Fsp3) is 0.222. The van der Waals surface area contributed by atoms with Crippen LogP contribution >= 0.6 is 11.8 Å². The molecule has 0 radical (unpaired) electrons. The number of ether oxygens (including phenoxy) is 1. The Bertz CT molecular complexity index is 768. The van der Waals surface area contributed by atoms with E-state index in [2.05, 4.69) is 53.2 Å². The highest BCUT2D eigenvalue weighted by molar-refractivity contribution is 8.00. The van der Waals surface area contributed by atoms with Crippen LogP contribution in [0.15, 0.2) is 59.6 Å². The first kappa shape index (κ1) is 12.8. The Morgan fingerprint density at radius 3 is 2.95 bits per heavy atom. The summed E-state index contributed by atoms with van der Waals surface area (Å²) >= 11 is 2.01. The highest BCUT2D eigenvalue weighted by Gasteiger charge is 2.22. The smallest absolute Gasteiger partial charge is 0.119 e. The average molecular weight is 295 g/mol. The molecule has 1 unspecified atom stereocenters. The molecule has 3 aromatic rings. The maximum absolute atomic E-state index is 5.29. The van der Waals surface area contributed by atoms with Gasteiger partial charge in [0, 0.05) is 33.8 Å². The number of rotatable bonds is 3. The molecule has 2 nitrogen and oxygen atoms in total. The third-order valence-electron chi connectivity index (χ3n) is 4.09. The largest absolute Gasteiger partial charge is 0.497 e. The van der Waals surface area contributed by atoms with E-state index in [4.69, 9.17) is 4.74 Å². The van der Waals surface area contributed by atoms with E-state index in [9.17, 15) is 0 Å². The lowest BCUT2D eigenvalue weighted by molar-refractivity contribution is 0.415. The van der Waals surface area contributed by atoms with Crippen molar-refractivity contribution in [3.63, 3.8) is 0 Å². The van der Waals surface area contributed by atoms with Gasteiger partial charge < -0.3 is 9.30 Å². The van der Waals surface area contributed by atoms with Crippen LogP contribution in [0, 0.1) is 0 Å².